The van der Waals surface area contributed by atoms with Crippen molar-refractivity contribution in [1.82, 2.24) is 0 Å². The Kier molecular flexibility index (Phi) is 5.91. The van der Waals surface area contributed by atoms with Crippen LogP contribution < -0.4 is 0 Å². The molecule has 1 atom stereocenters. The van der Waals surface area contributed by atoms with Crippen LogP contribution in [0, 0.1) is 0 Å². The number of hydrogen-bond donors (Lipinski definition) is 2. The number of aliphatic hydroxyl groups is 2. The van der Waals surface area contributed by atoms with Crippen molar-refractivity contribution in [3.05, 3.63) is 11.3 Å². The van der Waals surface area contributed by atoms with Gasteiger partial charge in [-0.1, -0.05) is 0 Å². The van der Waals surface area contributed by atoms with Crippen molar-refractivity contribution in [3.8, 4) is 0 Å². The van der Waals surface area contributed by atoms with Crippen molar-refractivity contribution in [2.45, 2.75) is 20.0 Å². The maximum atomic E-state index is 11.0. The monoisotopic (exact) mass is 204 g/mol. The van der Waals surface area contributed by atoms with E-state index < -0.39 is 12.1 Å². The van der Waals surface area contributed by atoms with E-state index >= 15 is 0 Å². The molecule has 5 nitrogen and oxygen atoms in total. The summed E-state index contributed by atoms with van der Waals surface area (Å²) in [6.45, 7) is 2.74. The number of rotatable bonds is 5. The van der Waals surface area contributed by atoms with Gasteiger partial charge in [0.25, 0.3) is 0 Å². The third-order valence-electron chi connectivity index (χ3n) is 1.72. The minimum absolute atomic E-state index is 0.0450. The lowest BCUT2D eigenvalue weighted by atomic mass is 10.3. The molecule has 0 aliphatic heterocycles. The van der Waals surface area contributed by atoms with Gasteiger partial charge in [-0.15, -0.1) is 0 Å². The first kappa shape index (κ1) is 12.9. The van der Waals surface area contributed by atoms with Crippen LogP contribution in [0.4, 0.5) is 0 Å². The number of esters is 1. The summed E-state index contributed by atoms with van der Waals surface area (Å²) >= 11 is 0. The molecular formula is C9H16O5. The van der Waals surface area contributed by atoms with E-state index in [4.69, 9.17) is 14.9 Å². The van der Waals surface area contributed by atoms with Crippen molar-refractivity contribution in [1.29, 1.82) is 0 Å². The van der Waals surface area contributed by atoms with Crippen LogP contribution in [0.1, 0.15) is 13.8 Å². The van der Waals surface area contributed by atoms with E-state index in [-0.39, 0.29) is 13.2 Å². The highest BCUT2D eigenvalue weighted by atomic mass is 16.5. The van der Waals surface area contributed by atoms with Gasteiger partial charge < -0.3 is 19.7 Å². The Morgan fingerprint density at radius 3 is 2.43 bits per heavy atom. The summed E-state index contributed by atoms with van der Waals surface area (Å²) in [6.07, 6.45) is -0.935. The molecule has 0 heterocycles. The van der Waals surface area contributed by atoms with Crippen LogP contribution in [0.25, 0.3) is 0 Å². The molecule has 0 radical (unpaired) electrons. The zero-order chi connectivity index (χ0) is 11.1. The second-order valence-electron chi connectivity index (χ2n) is 2.82. The number of aliphatic hydroxyl groups excluding tert-OH is 2. The van der Waals surface area contributed by atoms with Gasteiger partial charge in [0.15, 0.2) is 0 Å². The molecule has 5 heteroatoms. The summed E-state index contributed by atoms with van der Waals surface area (Å²) in [5.74, 6) is -0.0923. The first-order valence-corrected chi connectivity index (χ1v) is 4.20. The third kappa shape index (κ3) is 4.25. The van der Waals surface area contributed by atoms with Crippen LogP contribution in [0.5, 0.6) is 0 Å². The molecule has 0 rings (SSSR count). The zero-order valence-corrected chi connectivity index (χ0v) is 8.61. The standard InChI is InChI=1S/C9H16O5/c1-6(9(12)13-3)7(2)14-5-8(11)4-10/h8,10-11H,4-5H2,1-3H3. The molecule has 0 aromatic rings. The van der Waals surface area contributed by atoms with Crippen LogP contribution >= 0.6 is 0 Å². The van der Waals surface area contributed by atoms with E-state index in [0.717, 1.165) is 0 Å². The summed E-state index contributed by atoms with van der Waals surface area (Å²) in [5, 5.41) is 17.5. The van der Waals surface area contributed by atoms with Crippen molar-refractivity contribution in [2.24, 2.45) is 0 Å². The summed E-state index contributed by atoms with van der Waals surface area (Å²) in [5.41, 5.74) is 0.345. The third-order valence-corrected chi connectivity index (χ3v) is 1.72. The highest BCUT2D eigenvalue weighted by Crippen LogP contribution is 2.07. The average Bonchev–Trinajstić information content (AvgIpc) is 2.22. The van der Waals surface area contributed by atoms with Gasteiger partial charge >= 0.3 is 5.97 Å². The zero-order valence-electron chi connectivity index (χ0n) is 8.61. The van der Waals surface area contributed by atoms with Gasteiger partial charge in [0.05, 0.1) is 19.3 Å². The molecule has 82 valence electrons. The van der Waals surface area contributed by atoms with Gasteiger partial charge in [0.1, 0.15) is 18.5 Å². The molecule has 0 saturated carbocycles. The van der Waals surface area contributed by atoms with E-state index in [1.807, 2.05) is 0 Å². The van der Waals surface area contributed by atoms with Crippen molar-refractivity contribution < 1.29 is 24.5 Å². The van der Waals surface area contributed by atoms with Gasteiger partial charge in [-0.3, -0.25) is 0 Å². The molecule has 0 saturated heterocycles. The smallest absolute Gasteiger partial charge is 0.336 e. The highest BCUT2D eigenvalue weighted by molar-refractivity contribution is 5.88. The fraction of sp³-hybridized carbons (Fsp3) is 0.667. The molecule has 1 unspecified atom stereocenters. The fourth-order valence-corrected chi connectivity index (χ4v) is 0.679. The lowest BCUT2D eigenvalue weighted by Gasteiger charge is -2.11. The van der Waals surface area contributed by atoms with Crippen molar-refractivity contribution in [2.75, 3.05) is 20.3 Å². The minimum Gasteiger partial charge on any atom is -0.495 e. The highest BCUT2D eigenvalue weighted by Gasteiger charge is 2.10. The van der Waals surface area contributed by atoms with Crippen LogP contribution in [0.2, 0.25) is 0 Å². The van der Waals surface area contributed by atoms with Crippen LogP contribution in [0.3, 0.4) is 0 Å². The maximum absolute atomic E-state index is 11.0. The second kappa shape index (κ2) is 6.39. The van der Waals surface area contributed by atoms with E-state index in [1.165, 1.54) is 7.11 Å². The molecule has 14 heavy (non-hydrogen) atoms. The average molecular weight is 204 g/mol. The molecule has 0 aliphatic carbocycles. The SMILES string of the molecule is COC(=O)C(C)=C(C)OCC(O)CO. The molecule has 0 aliphatic rings. The van der Waals surface area contributed by atoms with Crippen LogP contribution in [0.15, 0.2) is 11.3 Å². The van der Waals surface area contributed by atoms with Gasteiger partial charge in [-0.05, 0) is 13.8 Å². The van der Waals surface area contributed by atoms with Crippen LogP contribution in [-0.2, 0) is 14.3 Å². The molecular weight excluding hydrogens is 188 g/mol. The Morgan fingerprint density at radius 1 is 1.43 bits per heavy atom. The number of methoxy groups -OCH3 is 1. The van der Waals surface area contributed by atoms with Crippen molar-refractivity contribution >= 4 is 5.97 Å². The summed E-state index contributed by atoms with van der Waals surface area (Å²) in [4.78, 5) is 11.0. The second-order valence-corrected chi connectivity index (χ2v) is 2.82. The lowest BCUT2D eigenvalue weighted by Crippen LogP contribution is -2.19. The lowest BCUT2D eigenvalue weighted by molar-refractivity contribution is -0.136. The number of carbonyl (C=O) groups excluding carboxylic acids is 1. The van der Waals surface area contributed by atoms with E-state index in [9.17, 15) is 4.79 Å². The van der Waals surface area contributed by atoms with Crippen LogP contribution in [-0.4, -0.2) is 42.6 Å². The minimum atomic E-state index is -0.935. The number of carbonyl (C=O) groups is 1. The predicted octanol–water partition coefficient (Wildman–Crippen LogP) is -0.177. The summed E-state index contributed by atoms with van der Waals surface area (Å²) in [7, 11) is 1.28. The molecule has 2 N–H and O–H groups in total. The molecule has 0 spiro atoms. The number of ether oxygens (including phenoxy) is 2. The summed E-state index contributed by atoms with van der Waals surface area (Å²) in [6, 6.07) is 0. The fourth-order valence-electron chi connectivity index (χ4n) is 0.679. The first-order chi connectivity index (χ1) is 6.52. The molecule has 0 amide bonds. The number of allylic oxidation sites excluding steroid dienone is 1. The maximum Gasteiger partial charge on any atom is 0.336 e. The van der Waals surface area contributed by atoms with Gasteiger partial charge in [-0.25, -0.2) is 4.79 Å². The topological polar surface area (TPSA) is 76.0 Å². The van der Waals surface area contributed by atoms with Gasteiger partial charge in [0, 0.05) is 0 Å². The molecule has 0 aromatic carbocycles. The Balaban J connectivity index is 4.16. The molecule has 0 aromatic heterocycles. The first-order valence-electron chi connectivity index (χ1n) is 4.20. The van der Waals surface area contributed by atoms with Gasteiger partial charge in [0.2, 0.25) is 0 Å². The Morgan fingerprint density at radius 2 is 2.00 bits per heavy atom. The number of hydrogen-bond acceptors (Lipinski definition) is 5. The van der Waals surface area contributed by atoms with Gasteiger partial charge in [-0.2, -0.15) is 0 Å². The molecule has 0 bridgehead atoms. The summed E-state index contributed by atoms with van der Waals surface area (Å²) < 4.78 is 9.53. The van der Waals surface area contributed by atoms with Crippen molar-refractivity contribution in [3.63, 3.8) is 0 Å². The largest absolute Gasteiger partial charge is 0.495 e. The Hall–Kier alpha value is -1.07. The van der Waals surface area contributed by atoms with E-state index in [0.29, 0.717) is 11.3 Å². The van der Waals surface area contributed by atoms with E-state index in [2.05, 4.69) is 4.74 Å². The predicted molar refractivity (Wildman–Crippen MR) is 49.4 cm³/mol. The Labute approximate surface area is 82.9 Å². The van der Waals surface area contributed by atoms with E-state index in [1.54, 1.807) is 13.8 Å². The Bertz CT molecular complexity index is 221. The molecule has 0 fully saturated rings. The quantitative estimate of drug-likeness (QED) is 0.369. The normalized spacial score (nSPS) is 14.4.